The number of nitrogen functional groups attached to an aromatic ring is 1. The molecule has 1 amide bonds. The van der Waals surface area contributed by atoms with E-state index in [4.69, 9.17) is 5.73 Å². The van der Waals surface area contributed by atoms with E-state index < -0.39 is 23.5 Å². The van der Waals surface area contributed by atoms with E-state index in [1.165, 1.54) is 0 Å². The van der Waals surface area contributed by atoms with Gasteiger partial charge in [-0.25, -0.2) is 0 Å². The Hall–Kier alpha value is -1.96. The Labute approximate surface area is 190 Å². The number of likely N-dealkylation sites (tertiary alicyclic amines) is 1. The summed E-state index contributed by atoms with van der Waals surface area (Å²) in [5.74, 6) is -1.83. The Morgan fingerprint density at radius 2 is 1.72 bits per heavy atom. The monoisotopic (exact) mass is 456 g/mol. The highest BCUT2D eigenvalue weighted by molar-refractivity contribution is 5.82. The third-order valence-corrected chi connectivity index (χ3v) is 6.50. The number of rotatable bonds is 5. The lowest BCUT2D eigenvalue weighted by atomic mass is 9.86. The maximum absolute atomic E-state index is 13.2. The van der Waals surface area contributed by atoms with Crippen LogP contribution >= 0.6 is 0 Å². The van der Waals surface area contributed by atoms with E-state index in [9.17, 15) is 18.0 Å². The van der Waals surface area contributed by atoms with Crippen LogP contribution in [0.4, 0.5) is 24.5 Å². The predicted octanol–water partition coefficient (Wildman–Crippen LogP) is 5.27. The molecule has 1 aliphatic heterocycles. The quantitative estimate of drug-likeness (QED) is 0.593. The summed E-state index contributed by atoms with van der Waals surface area (Å²) in [6, 6.07) is 4.90. The van der Waals surface area contributed by atoms with Gasteiger partial charge in [0.25, 0.3) is 0 Å². The van der Waals surface area contributed by atoms with Crippen molar-refractivity contribution in [1.82, 2.24) is 9.80 Å². The van der Waals surface area contributed by atoms with Crippen molar-refractivity contribution in [1.29, 1.82) is 0 Å². The number of carbonyl (C=O) groups is 1. The van der Waals surface area contributed by atoms with Gasteiger partial charge in [-0.2, -0.15) is 13.2 Å². The second-order valence-electron chi connectivity index (χ2n) is 11.0. The van der Waals surface area contributed by atoms with E-state index in [0.717, 1.165) is 36.5 Å². The average Bonchev–Trinajstić information content (AvgIpc) is 2.65. The molecule has 1 fully saturated rings. The normalized spacial score (nSPS) is 17.8. The molecule has 3 N–H and O–H groups in total. The molecule has 0 spiro atoms. The molecule has 32 heavy (non-hydrogen) atoms. The maximum atomic E-state index is 13.2. The number of piperidine rings is 1. The SMILES string of the molecule is C[C@H](N(Cc1ccc(NC2CCN(C(C)(C)C)CC2)c(N)c1)C(=O)C(F)(F)F)C(C)(C)C. The van der Waals surface area contributed by atoms with Crippen molar-refractivity contribution in [2.75, 3.05) is 24.1 Å². The van der Waals surface area contributed by atoms with Gasteiger partial charge in [0.05, 0.1) is 11.4 Å². The summed E-state index contributed by atoms with van der Waals surface area (Å²) in [6.45, 7) is 15.6. The van der Waals surface area contributed by atoms with Crippen molar-refractivity contribution in [2.45, 2.75) is 91.7 Å². The smallest absolute Gasteiger partial charge is 0.397 e. The van der Waals surface area contributed by atoms with Crippen LogP contribution in [0.5, 0.6) is 0 Å². The van der Waals surface area contributed by atoms with E-state index in [0.29, 0.717) is 17.3 Å². The van der Waals surface area contributed by atoms with Gasteiger partial charge in [0.1, 0.15) is 0 Å². The van der Waals surface area contributed by atoms with Gasteiger partial charge in [-0.05, 0) is 63.6 Å². The van der Waals surface area contributed by atoms with Crippen LogP contribution in [0.3, 0.4) is 0 Å². The fourth-order valence-electron chi connectivity index (χ4n) is 3.97. The van der Waals surface area contributed by atoms with E-state index in [1.54, 1.807) is 25.1 Å². The van der Waals surface area contributed by atoms with Crippen LogP contribution in [0.1, 0.15) is 66.9 Å². The molecule has 182 valence electrons. The van der Waals surface area contributed by atoms with Crippen molar-refractivity contribution in [2.24, 2.45) is 5.41 Å². The largest absolute Gasteiger partial charge is 0.471 e. The van der Waals surface area contributed by atoms with Crippen LogP contribution in [-0.2, 0) is 11.3 Å². The van der Waals surface area contributed by atoms with Crippen molar-refractivity contribution in [3.8, 4) is 0 Å². The Balaban J connectivity index is 2.12. The van der Waals surface area contributed by atoms with Gasteiger partial charge in [0.15, 0.2) is 0 Å². The lowest BCUT2D eigenvalue weighted by molar-refractivity contribution is -0.190. The molecule has 0 saturated carbocycles. The minimum absolute atomic E-state index is 0.148. The Morgan fingerprint density at radius 3 is 2.16 bits per heavy atom. The van der Waals surface area contributed by atoms with E-state index in [-0.39, 0.29) is 12.1 Å². The first-order valence-electron chi connectivity index (χ1n) is 11.3. The molecule has 1 atom stereocenters. The second kappa shape index (κ2) is 9.49. The standard InChI is InChI=1S/C24H39F3N4O/c1-16(22(2,3)4)31(21(32)24(25,26)27)15-17-8-9-20(19(28)14-17)29-18-10-12-30(13-11-18)23(5,6)7/h8-9,14,16,18,29H,10-13,15,28H2,1-7H3/t16-/m0/s1. The molecule has 8 heteroatoms. The van der Waals surface area contributed by atoms with Crippen LogP contribution in [0.2, 0.25) is 0 Å². The number of halogens is 3. The summed E-state index contributed by atoms with van der Waals surface area (Å²) < 4.78 is 39.7. The Morgan fingerprint density at radius 1 is 1.16 bits per heavy atom. The number of nitrogens with zero attached hydrogens (tertiary/aromatic N) is 2. The molecule has 1 aliphatic rings. The average molecular weight is 457 g/mol. The molecule has 0 aliphatic carbocycles. The maximum Gasteiger partial charge on any atom is 0.471 e. The molecule has 0 aromatic heterocycles. The Kier molecular flexibility index (Phi) is 7.80. The third kappa shape index (κ3) is 6.77. The first kappa shape index (κ1) is 26.3. The van der Waals surface area contributed by atoms with Gasteiger partial charge in [0, 0.05) is 37.3 Å². The zero-order valence-corrected chi connectivity index (χ0v) is 20.4. The van der Waals surface area contributed by atoms with Crippen molar-refractivity contribution in [3.05, 3.63) is 23.8 Å². The Bertz CT molecular complexity index is 788. The lowest BCUT2D eigenvalue weighted by Crippen LogP contribution is -2.50. The summed E-state index contributed by atoms with van der Waals surface area (Å²) in [5.41, 5.74) is 7.71. The van der Waals surface area contributed by atoms with E-state index >= 15 is 0 Å². The molecular weight excluding hydrogens is 417 g/mol. The van der Waals surface area contributed by atoms with Crippen molar-refractivity contribution >= 4 is 17.3 Å². The highest BCUT2D eigenvalue weighted by atomic mass is 19.4. The molecule has 1 saturated heterocycles. The summed E-state index contributed by atoms with van der Waals surface area (Å²) in [7, 11) is 0. The summed E-state index contributed by atoms with van der Waals surface area (Å²) in [4.78, 5) is 15.5. The second-order valence-corrected chi connectivity index (χ2v) is 11.0. The zero-order valence-electron chi connectivity index (χ0n) is 20.4. The number of hydrogen-bond acceptors (Lipinski definition) is 4. The van der Waals surface area contributed by atoms with Gasteiger partial charge >= 0.3 is 12.1 Å². The number of amides is 1. The molecule has 0 unspecified atom stereocenters. The summed E-state index contributed by atoms with van der Waals surface area (Å²) in [5, 5.41) is 3.48. The molecule has 0 bridgehead atoms. The highest BCUT2D eigenvalue weighted by Crippen LogP contribution is 2.31. The summed E-state index contributed by atoms with van der Waals surface area (Å²) >= 11 is 0. The molecule has 2 rings (SSSR count). The number of hydrogen-bond donors (Lipinski definition) is 2. The van der Waals surface area contributed by atoms with Gasteiger partial charge in [-0.15, -0.1) is 0 Å². The van der Waals surface area contributed by atoms with Gasteiger partial charge in [-0.1, -0.05) is 26.8 Å². The molecule has 1 aromatic carbocycles. The number of nitrogens with one attached hydrogen (secondary N) is 1. The number of alkyl halides is 3. The van der Waals surface area contributed by atoms with Crippen molar-refractivity contribution < 1.29 is 18.0 Å². The minimum Gasteiger partial charge on any atom is -0.397 e. The predicted molar refractivity (Wildman–Crippen MR) is 124 cm³/mol. The van der Waals surface area contributed by atoms with E-state index in [2.05, 4.69) is 31.0 Å². The fraction of sp³-hybridized carbons (Fsp3) is 0.708. The lowest BCUT2D eigenvalue weighted by Gasteiger charge is -2.41. The molecular formula is C24H39F3N4O. The first-order valence-corrected chi connectivity index (χ1v) is 11.3. The number of carbonyl (C=O) groups excluding carboxylic acids is 1. The van der Waals surface area contributed by atoms with Crippen LogP contribution in [0.25, 0.3) is 0 Å². The zero-order chi connectivity index (χ0) is 24.5. The summed E-state index contributed by atoms with van der Waals surface area (Å²) in [6.07, 6.45) is -2.93. The molecule has 5 nitrogen and oxygen atoms in total. The third-order valence-electron chi connectivity index (χ3n) is 6.50. The minimum atomic E-state index is -4.92. The van der Waals surface area contributed by atoms with Crippen LogP contribution in [-0.4, -0.2) is 52.6 Å². The number of anilines is 2. The van der Waals surface area contributed by atoms with Crippen LogP contribution < -0.4 is 11.1 Å². The van der Waals surface area contributed by atoms with Crippen LogP contribution in [0.15, 0.2) is 18.2 Å². The number of benzene rings is 1. The molecule has 1 aromatic rings. The fourth-order valence-corrected chi connectivity index (χ4v) is 3.97. The number of nitrogens with two attached hydrogens (primary N) is 1. The van der Waals surface area contributed by atoms with Crippen LogP contribution in [0, 0.1) is 5.41 Å². The molecule has 0 radical (unpaired) electrons. The van der Waals surface area contributed by atoms with Crippen molar-refractivity contribution in [3.63, 3.8) is 0 Å². The van der Waals surface area contributed by atoms with E-state index in [1.807, 2.05) is 20.8 Å². The van der Waals surface area contributed by atoms with Gasteiger partial charge in [-0.3, -0.25) is 9.69 Å². The molecule has 1 heterocycles. The first-order chi connectivity index (χ1) is 14.5. The highest BCUT2D eigenvalue weighted by Gasteiger charge is 2.45. The van der Waals surface area contributed by atoms with Gasteiger partial charge in [0.2, 0.25) is 0 Å². The topological polar surface area (TPSA) is 61.6 Å². The van der Waals surface area contributed by atoms with Gasteiger partial charge < -0.3 is 16.0 Å².